The number of aromatic amines is 1. The van der Waals surface area contributed by atoms with Crippen molar-refractivity contribution < 1.29 is 9.21 Å². The van der Waals surface area contributed by atoms with Crippen LogP contribution in [0.1, 0.15) is 16.1 Å². The molecule has 1 aromatic carbocycles. The van der Waals surface area contributed by atoms with Gasteiger partial charge in [-0.2, -0.15) is 0 Å². The van der Waals surface area contributed by atoms with Gasteiger partial charge in [0.25, 0.3) is 5.91 Å². The van der Waals surface area contributed by atoms with Gasteiger partial charge in [0, 0.05) is 17.3 Å². The first kappa shape index (κ1) is 12.2. The topological polar surface area (TPSA) is 75.1 Å². The van der Waals surface area contributed by atoms with Crippen molar-refractivity contribution in [3.05, 3.63) is 70.3 Å². The van der Waals surface area contributed by atoms with Crippen LogP contribution in [0.4, 0.5) is 0 Å². The van der Waals surface area contributed by atoms with Gasteiger partial charge in [0.2, 0.25) is 0 Å². The third-order valence-electron chi connectivity index (χ3n) is 2.99. The van der Waals surface area contributed by atoms with Crippen molar-refractivity contribution in [1.82, 2.24) is 10.3 Å². The second-order valence-corrected chi connectivity index (χ2v) is 4.36. The number of carbonyl (C=O) groups is 1. The standard InChI is InChI=1S/C15H12N2O3/c18-14(17-9-11-5-3-7-16-11)12-8-10-4-1-2-6-13(10)20-15(12)19/h1-8,16H,9H2,(H,17,18). The third kappa shape index (κ3) is 2.33. The van der Waals surface area contributed by atoms with Gasteiger partial charge < -0.3 is 14.7 Å². The molecule has 2 aromatic heterocycles. The number of amides is 1. The number of H-pyrrole nitrogens is 1. The van der Waals surface area contributed by atoms with E-state index in [0.29, 0.717) is 12.1 Å². The highest BCUT2D eigenvalue weighted by atomic mass is 16.4. The Balaban J connectivity index is 1.87. The average Bonchev–Trinajstić information content (AvgIpc) is 2.97. The summed E-state index contributed by atoms with van der Waals surface area (Å²) < 4.78 is 5.13. The van der Waals surface area contributed by atoms with Crippen LogP contribution in [0, 0.1) is 0 Å². The lowest BCUT2D eigenvalue weighted by Gasteiger charge is -2.04. The molecule has 5 heteroatoms. The predicted molar refractivity (Wildman–Crippen MR) is 74.4 cm³/mol. The Hall–Kier alpha value is -2.82. The molecule has 0 spiro atoms. The Morgan fingerprint density at radius 2 is 2.05 bits per heavy atom. The molecule has 1 amide bonds. The summed E-state index contributed by atoms with van der Waals surface area (Å²) in [5.74, 6) is -0.445. The summed E-state index contributed by atoms with van der Waals surface area (Å²) in [4.78, 5) is 26.8. The fourth-order valence-corrected chi connectivity index (χ4v) is 1.97. The lowest BCUT2D eigenvalue weighted by molar-refractivity contribution is 0.0947. The fourth-order valence-electron chi connectivity index (χ4n) is 1.97. The van der Waals surface area contributed by atoms with Crippen LogP contribution in [0.3, 0.4) is 0 Å². The Morgan fingerprint density at radius 3 is 2.85 bits per heavy atom. The maximum Gasteiger partial charge on any atom is 0.349 e. The van der Waals surface area contributed by atoms with Gasteiger partial charge in [-0.1, -0.05) is 18.2 Å². The summed E-state index contributed by atoms with van der Waals surface area (Å²) >= 11 is 0. The van der Waals surface area contributed by atoms with E-state index in [-0.39, 0.29) is 5.56 Å². The van der Waals surface area contributed by atoms with Crippen LogP contribution in [0.15, 0.2) is 57.9 Å². The first-order valence-corrected chi connectivity index (χ1v) is 6.17. The zero-order chi connectivity index (χ0) is 13.9. The lowest BCUT2D eigenvalue weighted by atomic mass is 10.2. The van der Waals surface area contributed by atoms with Crippen LogP contribution in [-0.4, -0.2) is 10.9 Å². The fraction of sp³-hybridized carbons (Fsp3) is 0.0667. The minimum absolute atomic E-state index is 0.00950. The van der Waals surface area contributed by atoms with Crippen molar-refractivity contribution in [1.29, 1.82) is 0 Å². The van der Waals surface area contributed by atoms with E-state index in [0.717, 1.165) is 11.1 Å². The molecule has 0 saturated heterocycles. The molecule has 0 fully saturated rings. The maximum atomic E-state index is 12.0. The zero-order valence-electron chi connectivity index (χ0n) is 10.6. The van der Waals surface area contributed by atoms with Crippen molar-refractivity contribution in [2.75, 3.05) is 0 Å². The van der Waals surface area contributed by atoms with Crippen LogP contribution < -0.4 is 10.9 Å². The van der Waals surface area contributed by atoms with E-state index in [4.69, 9.17) is 4.42 Å². The Morgan fingerprint density at radius 1 is 1.20 bits per heavy atom. The van der Waals surface area contributed by atoms with Crippen molar-refractivity contribution in [3.8, 4) is 0 Å². The number of benzene rings is 1. The number of hydrogen-bond acceptors (Lipinski definition) is 3. The Labute approximate surface area is 114 Å². The highest BCUT2D eigenvalue weighted by Gasteiger charge is 2.13. The number of carbonyl (C=O) groups excluding carboxylic acids is 1. The van der Waals surface area contributed by atoms with Gasteiger partial charge in [0.15, 0.2) is 0 Å². The molecule has 0 atom stereocenters. The van der Waals surface area contributed by atoms with Gasteiger partial charge in [-0.3, -0.25) is 4.79 Å². The van der Waals surface area contributed by atoms with Gasteiger partial charge in [0.1, 0.15) is 11.1 Å². The molecule has 0 aliphatic rings. The minimum atomic E-state index is -0.632. The largest absolute Gasteiger partial charge is 0.422 e. The molecule has 0 saturated carbocycles. The van der Waals surface area contributed by atoms with Crippen LogP contribution in [0.25, 0.3) is 11.0 Å². The molecule has 3 aromatic rings. The third-order valence-corrected chi connectivity index (χ3v) is 2.99. The summed E-state index contributed by atoms with van der Waals surface area (Å²) in [5.41, 5.74) is 0.713. The summed E-state index contributed by atoms with van der Waals surface area (Å²) in [6, 6.07) is 12.3. The van der Waals surface area contributed by atoms with Crippen molar-refractivity contribution in [3.63, 3.8) is 0 Å². The van der Waals surface area contributed by atoms with E-state index in [1.165, 1.54) is 0 Å². The average molecular weight is 268 g/mol. The highest BCUT2D eigenvalue weighted by Crippen LogP contribution is 2.12. The second kappa shape index (κ2) is 5.05. The highest BCUT2D eigenvalue weighted by molar-refractivity contribution is 5.96. The van der Waals surface area contributed by atoms with Crippen LogP contribution in [0.5, 0.6) is 0 Å². The van der Waals surface area contributed by atoms with Crippen LogP contribution >= 0.6 is 0 Å². The summed E-state index contributed by atoms with van der Waals surface area (Å²) in [6.45, 7) is 0.331. The van der Waals surface area contributed by atoms with E-state index < -0.39 is 11.5 Å². The predicted octanol–water partition coefficient (Wildman–Crippen LogP) is 2.05. The number of para-hydroxylation sites is 1. The summed E-state index contributed by atoms with van der Waals surface area (Å²) in [7, 11) is 0. The number of fused-ring (bicyclic) bond motifs is 1. The summed E-state index contributed by atoms with van der Waals surface area (Å²) in [6.07, 6.45) is 1.77. The number of rotatable bonds is 3. The normalized spacial score (nSPS) is 10.6. The van der Waals surface area contributed by atoms with E-state index in [1.807, 2.05) is 18.2 Å². The number of hydrogen-bond donors (Lipinski definition) is 2. The van der Waals surface area contributed by atoms with Crippen LogP contribution in [-0.2, 0) is 6.54 Å². The van der Waals surface area contributed by atoms with Gasteiger partial charge in [0.05, 0.1) is 6.54 Å². The SMILES string of the molecule is O=C(NCc1ccc[nH]1)c1cc2ccccc2oc1=O. The van der Waals surface area contributed by atoms with E-state index in [9.17, 15) is 9.59 Å². The van der Waals surface area contributed by atoms with Gasteiger partial charge >= 0.3 is 5.63 Å². The van der Waals surface area contributed by atoms with Crippen molar-refractivity contribution in [2.24, 2.45) is 0 Å². The minimum Gasteiger partial charge on any atom is -0.422 e. The quantitative estimate of drug-likeness (QED) is 0.714. The lowest BCUT2D eigenvalue weighted by Crippen LogP contribution is -2.27. The molecular formula is C15H12N2O3. The molecule has 0 aliphatic heterocycles. The molecule has 2 heterocycles. The van der Waals surface area contributed by atoms with Gasteiger partial charge in [-0.25, -0.2) is 4.79 Å². The molecular weight excluding hydrogens is 256 g/mol. The molecule has 5 nitrogen and oxygen atoms in total. The van der Waals surface area contributed by atoms with E-state index in [1.54, 1.807) is 30.5 Å². The summed E-state index contributed by atoms with van der Waals surface area (Å²) in [5, 5.41) is 3.40. The van der Waals surface area contributed by atoms with E-state index in [2.05, 4.69) is 10.3 Å². The van der Waals surface area contributed by atoms with Crippen molar-refractivity contribution in [2.45, 2.75) is 6.54 Å². The zero-order valence-corrected chi connectivity index (χ0v) is 10.6. The molecule has 0 radical (unpaired) electrons. The van der Waals surface area contributed by atoms with Gasteiger partial charge in [-0.15, -0.1) is 0 Å². The molecule has 2 N–H and O–H groups in total. The first-order chi connectivity index (χ1) is 9.74. The smallest absolute Gasteiger partial charge is 0.349 e. The molecule has 0 bridgehead atoms. The van der Waals surface area contributed by atoms with Crippen LogP contribution in [0.2, 0.25) is 0 Å². The maximum absolute atomic E-state index is 12.0. The molecule has 0 unspecified atom stereocenters. The van der Waals surface area contributed by atoms with Gasteiger partial charge in [-0.05, 0) is 24.3 Å². The number of aromatic nitrogens is 1. The molecule has 20 heavy (non-hydrogen) atoms. The van der Waals surface area contributed by atoms with E-state index >= 15 is 0 Å². The molecule has 100 valence electrons. The first-order valence-electron chi connectivity index (χ1n) is 6.17. The van der Waals surface area contributed by atoms with Crippen molar-refractivity contribution >= 4 is 16.9 Å². The Kier molecular flexibility index (Phi) is 3.09. The monoisotopic (exact) mass is 268 g/mol. The molecule has 3 rings (SSSR count). The molecule has 0 aliphatic carbocycles. The Bertz CT molecular complexity index is 803. The number of nitrogens with one attached hydrogen (secondary N) is 2. The second-order valence-electron chi connectivity index (χ2n) is 4.36.